The molecule has 2 aliphatic rings. The van der Waals surface area contributed by atoms with E-state index >= 15 is 0 Å². The molecule has 4 rings (SSSR count). The van der Waals surface area contributed by atoms with E-state index in [0.29, 0.717) is 0 Å². The van der Waals surface area contributed by atoms with E-state index in [4.69, 9.17) is 4.98 Å². The average Bonchev–Trinajstić information content (AvgIpc) is 2.81. The molecule has 0 radical (unpaired) electrons. The molecule has 3 heterocycles. The predicted octanol–water partition coefficient (Wildman–Crippen LogP) is 3.32. The molecule has 0 atom stereocenters. The monoisotopic (exact) mass is 532 g/mol. The molecule has 2 aromatic rings. The van der Waals surface area contributed by atoms with Gasteiger partial charge in [0.05, 0.1) is 0 Å². The van der Waals surface area contributed by atoms with Crippen molar-refractivity contribution in [1.29, 1.82) is 0 Å². The van der Waals surface area contributed by atoms with Crippen LogP contribution in [0.2, 0.25) is 0 Å². The van der Waals surface area contributed by atoms with Crippen molar-refractivity contribution in [1.82, 2.24) is 20.1 Å². The molecule has 1 aromatic carbocycles. The van der Waals surface area contributed by atoms with Gasteiger partial charge in [0.1, 0.15) is 5.82 Å². The highest BCUT2D eigenvalue weighted by atomic mass is 127. The first-order valence-electron chi connectivity index (χ1n) is 10.8. The van der Waals surface area contributed by atoms with Crippen LogP contribution in [0, 0.1) is 0 Å². The lowest BCUT2D eigenvalue weighted by Crippen LogP contribution is -2.46. The molecule has 7 heteroatoms. The van der Waals surface area contributed by atoms with Gasteiger partial charge < -0.3 is 20.0 Å². The first-order chi connectivity index (χ1) is 14.7. The zero-order valence-electron chi connectivity index (χ0n) is 18.5. The normalized spacial score (nSPS) is 17.7. The van der Waals surface area contributed by atoms with Crippen molar-refractivity contribution in [2.45, 2.75) is 13.0 Å². The van der Waals surface area contributed by atoms with Crippen molar-refractivity contribution in [2.75, 3.05) is 58.3 Å². The molecule has 0 bridgehead atoms. The Balaban J connectivity index is 0.00000272. The third-order valence-electron chi connectivity index (χ3n) is 5.97. The van der Waals surface area contributed by atoms with Gasteiger partial charge in [0, 0.05) is 64.6 Å². The number of benzene rings is 1. The Morgan fingerprint density at radius 1 is 1.03 bits per heavy atom. The Morgan fingerprint density at radius 3 is 2.48 bits per heavy atom. The van der Waals surface area contributed by atoms with E-state index in [2.05, 4.69) is 74.5 Å². The Morgan fingerprint density at radius 2 is 1.81 bits per heavy atom. The number of hydrogen-bond acceptors (Lipinski definition) is 4. The van der Waals surface area contributed by atoms with Crippen molar-refractivity contribution >= 4 is 41.3 Å². The lowest BCUT2D eigenvalue weighted by Gasteiger charge is -2.34. The first-order valence-corrected chi connectivity index (χ1v) is 10.8. The lowest BCUT2D eigenvalue weighted by atomic mass is 10.00. The van der Waals surface area contributed by atoms with Crippen LogP contribution in [-0.4, -0.2) is 74.1 Å². The highest BCUT2D eigenvalue weighted by Crippen LogP contribution is 2.22. The number of piperazine rings is 1. The van der Waals surface area contributed by atoms with Crippen LogP contribution in [-0.2, 0) is 6.54 Å². The molecule has 0 amide bonds. The van der Waals surface area contributed by atoms with Crippen molar-refractivity contribution in [3.63, 3.8) is 0 Å². The van der Waals surface area contributed by atoms with Gasteiger partial charge in [-0.25, -0.2) is 4.98 Å². The largest absolute Gasteiger partial charge is 0.354 e. The molecule has 1 N–H and O–H groups in total. The molecule has 6 nitrogen and oxygen atoms in total. The summed E-state index contributed by atoms with van der Waals surface area (Å²) >= 11 is 0. The standard InChI is InChI=1S/C24H32N6.HI/c1-25-24(30-13-10-21(11-14-30)20-7-4-3-5-8-20)27-19-22-9-6-12-26-23(22)29-17-15-28(2)16-18-29;/h3-10,12H,11,13-19H2,1-2H3,(H,25,27);1H. The summed E-state index contributed by atoms with van der Waals surface area (Å²) in [6.45, 7) is 6.78. The first kappa shape index (κ1) is 23.5. The molecule has 0 aliphatic carbocycles. The number of rotatable bonds is 4. The molecular weight excluding hydrogens is 499 g/mol. The fourth-order valence-corrected chi connectivity index (χ4v) is 4.15. The minimum absolute atomic E-state index is 0. The molecular formula is C24H33IN6. The van der Waals surface area contributed by atoms with Gasteiger partial charge >= 0.3 is 0 Å². The van der Waals surface area contributed by atoms with Gasteiger partial charge in [0.25, 0.3) is 0 Å². The van der Waals surface area contributed by atoms with E-state index in [0.717, 1.165) is 64.0 Å². The molecule has 0 spiro atoms. The Bertz CT molecular complexity index is 890. The number of likely N-dealkylation sites (N-methyl/N-ethyl adjacent to an activating group) is 1. The van der Waals surface area contributed by atoms with Crippen LogP contribution in [0.15, 0.2) is 59.7 Å². The summed E-state index contributed by atoms with van der Waals surface area (Å²) in [5.41, 5.74) is 3.97. The van der Waals surface area contributed by atoms with Gasteiger partial charge in [0.15, 0.2) is 5.96 Å². The second-order valence-corrected chi connectivity index (χ2v) is 7.97. The maximum atomic E-state index is 4.69. The van der Waals surface area contributed by atoms with Crippen LogP contribution in [0.4, 0.5) is 5.82 Å². The second kappa shape index (κ2) is 11.5. The number of anilines is 1. The van der Waals surface area contributed by atoms with Crippen molar-refractivity contribution in [2.24, 2.45) is 4.99 Å². The molecule has 1 fully saturated rings. The van der Waals surface area contributed by atoms with E-state index in [1.54, 1.807) is 0 Å². The number of guanidine groups is 1. The molecule has 0 unspecified atom stereocenters. The Kier molecular flexibility index (Phi) is 8.71. The highest BCUT2D eigenvalue weighted by molar-refractivity contribution is 14.0. The summed E-state index contributed by atoms with van der Waals surface area (Å²) in [7, 11) is 4.04. The number of aliphatic imine (C=N–C) groups is 1. The number of halogens is 1. The van der Waals surface area contributed by atoms with Crippen LogP contribution in [0.3, 0.4) is 0 Å². The quantitative estimate of drug-likeness (QED) is 0.372. The topological polar surface area (TPSA) is 47.0 Å². The van der Waals surface area contributed by atoms with Crippen LogP contribution in [0.25, 0.3) is 5.57 Å². The van der Waals surface area contributed by atoms with Crippen LogP contribution >= 0.6 is 24.0 Å². The number of hydrogen-bond donors (Lipinski definition) is 1. The number of nitrogens with one attached hydrogen (secondary N) is 1. The minimum atomic E-state index is 0. The third kappa shape index (κ3) is 5.98. The van der Waals surface area contributed by atoms with Crippen LogP contribution in [0.5, 0.6) is 0 Å². The van der Waals surface area contributed by atoms with E-state index in [1.165, 1.54) is 16.7 Å². The molecule has 166 valence electrons. The van der Waals surface area contributed by atoms with Gasteiger partial charge in [-0.05, 0) is 30.7 Å². The van der Waals surface area contributed by atoms with Gasteiger partial charge in [-0.1, -0.05) is 42.5 Å². The summed E-state index contributed by atoms with van der Waals surface area (Å²) in [4.78, 5) is 16.3. The van der Waals surface area contributed by atoms with Crippen LogP contribution < -0.4 is 10.2 Å². The summed E-state index contributed by atoms with van der Waals surface area (Å²) in [5.74, 6) is 2.05. The number of pyridine rings is 1. The van der Waals surface area contributed by atoms with Crippen molar-refractivity contribution in [3.8, 4) is 0 Å². The molecule has 0 saturated carbocycles. The Hall–Kier alpha value is -2.13. The molecule has 1 aromatic heterocycles. The maximum Gasteiger partial charge on any atom is 0.194 e. The Labute approximate surface area is 203 Å². The van der Waals surface area contributed by atoms with E-state index in [-0.39, 0.29) is 24.0 Å². The van der Waals surface area contributed by atoms with Gasteiger partial charge in [0.2, 0.25) is 0 Å². The van der Waals surface area contributed by atoms with Crippen molar-refractivity contribution < 1.29 is 0 Å². The zero-order chi connectivity index (χ0) is 20.8. The molecule has 1 saturated heterocycles. The SMILES string of the molecule is CN=C(NCc1cccnc1N1CCN(C)CC1)N1CC=C(c2ccccc2)CC1.I. The minimum Gasteiger partial charge on any atom is -0.354 e. The summed E-state index contributed by atoms with van der Waals surface area (Å²) in [6, 6.07) is 14.9. The number of aromatic nitrogens is 1. The molecule has 31 heavy (non-hydrogen) atoms. The summed E-state index contributed by atoms with van der Waals surface area (Å²) in [5, 5.41) is 3.57. The fourth-order valence-electron chi connectivity index (χ4n) is 4.15. The van der Waals surface area contributed by atoms with Crippen molar-refractivity contribution in [3.05, 3.63) is 65.9 Å². The van der Waals surface area contributed by atoms with E-state index < -0.39 is 0 Å². The zero-order valence-corrected chi connectivity index (χ0v) is 20.8. The maximum absolute atomic E-state index is 4.69. The lowest BCUT2D eigenvalue weighted by molar-refractivity contribution is 0.311. The fraction of sp³-hybridized carbons (Fsp3) is 0.417. The summed E-state index contributed by atoms with van der Waals surface area (Å²) < 4.78 is 0. The van der Waals surface area contributed by atoms with E-state index in [9.17, 15) is 0 Å². The number of nitrogens with zero attached hydrogens (tertiary/aromatic N) is 5. The third-order valence-corrected chi connectivity index (χ3v) is 5.97. The van der Waals surface area contributed by atoms with E-state index in [1.807, 2.05) is 19.3 Å². The second-order valence-electron chi connectivity index (χ2n) is 7.97. The summed E-state index contributed by atoms with van der Waals surface area (Å²) in [6.07, 6.45) is 5.25. The van der Waals surface area contributed by atoms with Gasteiger partial charge in [-0.3, -0.25) is 4.99 Å². The highest BCUT2D eigenvalue weighted by Gasteiger charge is 2.19. The molecule has 2 aliphatic heterocycles. The smallest absolute Gasteiger partial charge is 0.194 e. The average molecular weight is 532 g/mol. The predicted molar refractivity (Wildman–Crippen MR) is 140 cm³/mol. The van der Waals surface area contributed by atoms with Gasteiger partial charge in [-0.2, -0.15) is 0 Å². The van der Waals surface area contributed by atoms with Gasteiger partial charge in [-0.15, -0.1) is 24.0 Å². The van der Waals surface area contributed by atoms with Crippen LogP contribution in [0.1, 0.15) is 17.5 Å².